The standard InChI is InChI=1S/C13H15Br2N3O2/c1-19-6-4-17-13-16-3-5-18(13)11-8-12(20-2)10(15)7-9(11)14/h3,5,7-8H,4,6H2,1-2H3,(H,16,17). The van der Waals surface area contributed by atoms with Crippen LogP contribution in [0.4, 0.5) is 5.95 Å². The van der Waals surface area contributed by atoms with Gasteiger partial charge in [-0.25, -0.2) is 4.98 Å². The first-order valence-corrected chi connectivity index (χ1v) is 7.55. The number of hydrogen-bond acceptors (Lipinski definition) is 4. The summed E-state index contributed by atoms with van der Waals surface area (Å²) in [6.45, 7) is 1.32. The Labute approximate surface area is 134 Å². The first-order valence-electron chi connectivity index (χ1n) is 5.97. The van der Waals surface area contributed by atoms with E-state index in [2.05, 4.69) is 42.2 Å². The first kappa shape index (κ1) is 15.3. The Kier molecular flexibility index (Phi) is 5.45. The second-order valence-electron chi connectivity index (χ2n) is 3.98. The summed E-state index contributed by atoms with van der Waals surface area (Å²) in [5, 5.41) is 3.23. The number of anilines is 1. The first-order chi connectivity index (χ1) is 9.67. The summed E-state index contributed by atoms with van der Waals surface area (Å²) < 4.78 is 14.2. The number of nitrogens with one attached hydrogen (secondary N) is 1. The number of benzene rings is 1. The smallest absolute Gasteiger partial charge is 0.207 e. The number of aromatic nitrogens is 2. The summed E-state index contributed by atoms with van der Waals surface area (Å²) in [5.74, 6) is 1.52. The lowest BCUT2D eigenvalue weighted by atomic mass is 10.3. The highest BCUT2D eigenvalue weighted by atomic mass is 79.9. The third kappa shape index (κ3) is 3.34. The molecule has 5 nitrogen and oxygen atoms in total. The topological polar surface area (TPSA) is 48.3 Å². The van der Waals surface area contributed by atoms with Gasteiger partial charge in [0.25, 0.3) is 0 Å². The van der Waals surface area contributed by atoms with Gasteiger partial charge in [0.2, 0.25) is 5.95 Å². The van der Waals surface area contributed by atoms with E-state index in [4.69, 9.17) is 9.47 Å². The Balaban J connectivity index is 2.34. The third-order valence-corrected chi connectivity index (χ3v) is 3.97. The Morgan fingerprint density at radius 2 is 2.05 bits per heavy atom. The summed E-state index contributed by atoms with van der Waals surface area (Å²) in [7, 11) is 3.31. The summed E-state index contributed by atoms with van der Waals surface area (Å²) >= 11 is 7.02. The van der Waals surface area contributed by atoms with E-state index in [9.17, 15) is 0 Å². The summed E-state index contributed by atoms with van der Waals surface area (Å²) in [5.41, 5.74) is 0.947. The van der Waals surface area contributed by atoms with Crippen LogP contribution in [0, 0.1) is 0 Å². The molecule has 2 aromatic rings. The summed E-state index contributed by atoms with van der Waals surface area (Å²) in [6.07, 6.45) is 3.64. The van der Waals surface area contributed by atoms with Crippen LogP contribution in [0.2, 0.25) is 0 Å². The van der Waals surface area contributed by atoms with Gasteiger partial charge in [-0.2, -0.15) is 0 Å². The van der Waals surface area contributed by atoms with Gasteiger partial charge in [-0.3, -0.25) is 4.57 Å². The van der Waals surface area contributed by atoms with Crippen molar-refractivity contribution >= 4 is 37.8 Å². The number of imidazole rings is 1. The highest BCUT2D eigenvalue weighted by Crippen LogP contribution is 2.34. The molecule has 0 aliphatic rings. The number of halogens is 2. The lowest BCUT2D eigenvalue weighted by Gasteiger charge is -2.13. The molecule has 0 fully saturated rings. The van der Waals surface area contributed by atoms with Crippen molar-refractivity contribution in [3.63, 3.8) is 0 Å². The highest BCUT2D eigenvalue weighted by Gasteiger charge is 2.12. The van der Waals surface area contributed by atoms with Gasteiger partial charge in [-0.15, -0.1) is 0 Å². The van der Waals surface area contributed by atoms with Crippen LogP contribution in [0.25, 0.3) is 5.69 Å². The van der Waals surface area contributed by atoms with Crippen LogP contribution in [-0.4, -0.2) is 36.9 Å². The molecule has 7 heteroatoms. The largest absolute Gasteiger partial charge is 0.495 e. The molecule has 1 N–H and O–H groups in total. The van der Waals surface area contributed by atoms with E-state index >= 15 is 0 Å². The molecular formula is C13H15Br2N3O2. The monoisotopic (exact) mass is 403 g/mol. The quantitative estimate of drug-likeness (QED) is 0.749. The van der Waals surface area contributed by atoms with E-state index in [0.717, 1.165) is 26.3 Å². The minimum atomic E-state index is 0.623. The molecule has 2 rings (SSSR count). The molecule has 20 heavy (non-hydrogen) atoms. The Bertz CT molecular complexity index is 587. The van der Waals surface area contributed by atoms with E-state index < -0.39 is 0 Å². The van der Waals surface area contributed by atoms with Crippen molar-refractivity contribution in [1.29, 1.82) is 0 Å². The van der Waals surface area contributed by atoms with Gasteiger partial charge in [0, 0.05) is 36.6 Å². The molecule has 1 aromatic carbocycles. The molecule has 108 valence electrons. The maximum atomic E-state index is 5.34. The van der Waals surface area contributed by atoms with Gasteiger partial charge in [-0.1, -0.05) is 0 Å². The van der Waals surface area contributed by atoms with Crippen LogP contribution < -0.4 is 10.1 Å². The number of ether oxygens (including phenoxy) is 2. The van der Waals surface area contributed by atoms with Crippen LogP contribution in [0.5, 0.6) is 5.75 Å². The number of methoxy groups -OCH3 is 2. The van der Waals surface area contributed by atoms with E-state index in [1.54, 1.807) is 20.4 Å². The number of rotatable bonds is 6. The average molecular weight is 405 g/mol. The van der Waals surface area contributed by atoms with Gasteiger partial charge in [0.05, 0.1) is 23.9 Å². The SMILES string of the molecule is COCCNc1nccn1-c1cc(OC)c(Br)cc1Br. The van der Waals surface area contributed by atoms with Crippen molar-refractivity contribution < 1.29 is 9.47 Å². The van der Waals surface area contributed by atoms with Crippen molar-refractivity contribution in [3.05, 3.63) is 33.5 Å². The zero-order chi connectivity index (χ0) is 14.5. The van der Waals surface area contributed by atoms with Crippen molar-refractivity contribution in [2.45, 2.75) is 0 Å². The predicted octanol–water partition coefficient (Wildman–Crippen LogP) is 3.46. The van der Waals surface area contributed by atoms with Gasteiger partial charge in [-0.05, 0) is 37.9 Å². The average Bonchev–Trinajstić information content (AvgIpc) is 2.87. The minimum absolute atomic E-state index is 0.623. The van der Waals surface area contributed by atoms with E-state index in [1.807, 2.05) is 22.9 Å². The van der Waals surface area contributed by atoms with Crippen LogP contribution in [0.15, 0.2) is 33.5 Å². The molecule has 0 radical (unpaired) electrons. The number of nitrogens with zero attached hydrogens (tertiary/aromatic N) is 2. The molecule has 0 unspecified atom stereocenters. The third-order valence-electron chi connectivity index (χ3n) is 2.71. The maximum Gasteiger partial charge on any atom is 0.207 e. The van der Waals surface area contributed by atoms with Crippen LogP contribution in [-0.2, 0) is 4.74 Å². The van der Waals surface area contributed by atoms with Crippen molar-refractivity contribution in [2.75, 3.05) is 32.7 Å². The molecule has 0 aliphatic heterocycles. The second-order valence-corrected chi connectivity index (χ2v) is 5.69. The molecule has 0 aliphatic carbocycles. The highest BCUT2D eigenvalue weighted by molar-refractivity contribution is 9.11. The molecule has 0 bridgehead atoms. The molecule has 1 heterocycles. The Morgan fingerprint density at radius 1 is 1.25 bits per heavy atom. The van der Waals surface area contributed by atoms with E-state index in [1.165, 1.54) is 0 Å². The van der Waals surface area contributed by atoms with Gasteiger partial charge < -0.3 is 14.8 Å². The van der Waals surface area contributed by atoms with Crippen LogP contribution in [0.1, 0.15) is 0 Å². The molecule has 0 amide bonds. The fourth-order valence-corrected chi connectivity index (χ4v) is 3.10. The second kappa shape index (κ2) is 7.10. The lowest BCUT2D eigenvalue weighted by molar-refractivity contribution is 0.210. The normalized spacial score (nSPS) is 10.6. The lowest BCUT2D eigenvalue weighted by Crippen LogP contribution is -2.11. The van der Waals surface area contributed by atoms with Crippen LogP contribution >= 0.6 is 31.9 Å². The summed E-state index contributed by atoms with van der Waals surface area (Å²) in [6, 6.07) is 3.89. The molecule has 1 aromatic heterocycles. The zero-order valence-corrected chi connectivity index (χ0v) is 14.4. The van der Waals surface area contributed by atoms with Crippen molar-refractivity contribution in [2.24, 2.45) is 0 Å². The summed E-state index contributed by atoms with van der Waals surface area (Å²) in [4.78, 5) is 4.31. The van der Waals surface area contributed by atoms with Crippen molar-refractivity contribution in [3.8, 4) is 11.4 Å². The molecule has 0 saturated carbocycles. The molecule has 0 spiro atoms. The predicted molar refractivity (Wildman–Crippen MR) is 85.9 cm³/mol. The number of hydrogen-bond donors (Lipinski definition) is 1. The Morgan fingerprint density at radius 3 is 2.75 bits per heavy atom. The van der Waals surface area contributed by atoms with E-state index in [-0.39, 0.29) is 0 Å². The molecular weight excluding hydrogens is 390 g/mol. The van der Waals surface area contributed by atoms with E-state index in [0.29, 0.717) is 13.2 Å². The Hall–Kier alpha value is -1.05. The molecule has 0 saturated heterocycles. The van der Waals surface area contributed by atoms with Gasteiger partial charge >= 0.3 is 0 Å². The van der Waals surface area contributed by atoms with Crippen molar-refractivity contribution in [1.82, 2.24) is 9.55 Å². The molecule has 0 atom stereocenters. The maximum absolute atomic E-state index is 5.34. The minimum Gasteiger partial charge on any atom is -0.495 e. The van der Waals surface area contributed by atoms with Gasteiger partial charge in [0.1, 0.15) is 5.75 Å². The zero-order valence-electron chi connectivity index (χ0n) is 11.2. The van der Waals surface area contributed by atoms with Crippen LogP contribution in [0.3, 0.4) is 0 Å². The fraction of sp³-hybridized carbons (Fsp3) is 0.308. The van der Waals surface area contributed by atoms with Gasteiger partial charge in [0.15, 0.2) is 0 Å². The fourth-order valence-electron chi connectivity index (χ4n) is 1.75.